The van der Waals surface area contributed by atoms with Crippen LogP contribution in [0.2, 0.25) is 0 Å². The molecule has 31 heavy (non-hydrogen) atoms. The maximum Gasteiger partial charge on any atom is 0.229 e. The number of rotatable bonds is 7. The summed E-state index contributed by atoms with van der Waals surface area (Å²) in [6, 6.07) is 3.38. The minimum Gasteiger partial charge on any atom is -0.474 e. The first kappa shape index (κ1) is 22.9. The number of likely N-dealkylation sites (tertiary alicyclic amines) is 1. The molecular formula is C20H24FN3O6S. The number of carbonyl (C=O) groups excluding carboxylic acids is 1. The zero-order valence-corrected chi connectivity index (χ0v) is 18.1. The van der Waals surface area contributed by atoms with Crippen LogP contribution in [0.4, 0.5) is 4.39 Å². The van der Waals surface area contributed by atoms with Gasteiger partial charge in [0, 0.05) is 38.6 Å². The van der Waals surface area contributed by atoms with Crippen molar-refractivity contribution in [2.24, 2.45) is 0 Å². The Morgan fingerprint density at radius 3 is 2.55 bits per heavy atom. The Morgan fingerprint density at radius 1 is 1.26 bits per heavy atom. The molecule has 168 valence electrons. The highest BCUT2D eigenvalue weighted by molar-refractivity contribution is 7.90. The molecule has 1 aliphatic rings. The fourth-order valence-corrected chi connectivity index (χ4v) is 3.81. The maximum absolute atomic E-state index is 14.3. The summed E-state index contributed by atoms with van der Waals surface area (Å²) >= 11 is 0. The number of amides is 1. The highest BCUT2D eigenvalue weighted by atomic mass is 32.2. The summed E-state index contributed by atoms with van der Waals surface area (Å²) in [6.07, 6.45) is 3.40. The van der Waals surface area contributed by atoms with Crippen molar-refractivity contribution in [2.45, 2.75) is 37.2 Å². The van der Waals surface area contributed by atoms with Gasteiger partial charge in [0.2, 0.25) is 17.7 Å². The van der Waals surface area contributed by atoms with Crippen molar-refractivity contribution in [3.63, 3.8) is 0 Å². The number of piperidine rings is 1. The molecule has 0 unspecified atom stereocenters. The van der Waals surface area contributed by atoms with Crippen molar-refractivity contribution < 1.29 is 32.2 Å². The second-order valence-corrected chi connectivity index (χ2v) is 9.26. The van der Waals surface area contributed by atoms with E-state index in [1.807, 2.05) is 0 Å². The van der Waals surface area contributed by atoms with Crippen LogP contribution >= 0.6 is 0 Å². The quantitative estimate of drug-likeness (QED) is 0.675. The number of sulfone groups is 1. The van der Waals surface area contributed by atoms with E-state index in [-0.39, 0.29) is 41.6 Å². The van der Waals surface area contributed by atoms with E-state index in [0.29, 0.717) is 37.4 Å². The van der Waals surface area contributed by atoms with Gasteiger partial charge in [-0.3, -0.25) is 4.79 Å². The van der Waals surface area contributed by atoms with Crippen LogP contribution < -0.4 is 9.47 Å². The molecule has 1 N–H and O–H groups in total. The second-order valence-electron chi connectivity index (χ2n) is 7.25. The molecule has 11 heteroatoms. The van der Waals surface area contributed by atoms with Crippen LogP contribution in [0.3, 0.4) is 0 Å². The number of aliphatic hydroxyl groups is 1. The Balaban J connectivity index is 1.68. The van der Waals surface area contributed by atoms with Gasteiger partial charge in [-0.15, -0.1) is 0 Å². The van der Waals surface area contributed by atoms with Gasteiger partial charge in [0.25, 0.3) is 0 Å². The average Bonchev–Trinajstić information content (AvgIpc) is 2.72. The van der Waals surface area contributed by atoms with Crippen LogP contribution in [-0.4, -0.2) is 66.4 Å². The van der Waals surface area contributed by atoms with Gasteiger partial charge in [0.1, 0.15) is 12.4 Å². The molecule has 1 aliphatic heterocycles. The summed E-state index contributed by atoms with van der Waals surface area (Å²) in [5.41, 5.74) is 0.466. The zero-order valence-electron chi connectivity index (χ0n) is 17.2. The summed E-state index contributed by atoms with van der Waals surface area (Å²) in [5, 5.41) is 8.89. The largest absolute Gasteiger partial charge is 0.474 e. The molecule has 3 rings (SSSR count). The predicted octanol–water partition coefficient (Wildman–Crippen LogP) is 1.87. The number of hydrogen-bond donors (Lipinski definition) is 1. The van der Waals surface area contributed by atoms with Gasteiger partial charge in [0.15, 0.2) is 21.4 Å². The van der Waals surface area contributed by atoms with E-state index in [0.717, 1.165) is 12.3 Å². The Bertz CT molecular complexity index is 1050. The first-order valence-electron chi connectivity index (χ1n) is 9.73. The fourth-order valence-electron chi connectivity index (χ4n) is 3.17. The van der Waals surface area contributed by atoms with Crippen molar-refractivity contribution >= 4 is 15.7 Å². The lowest BCUT2D eigenvalue weighted by molar-refractivity contribution is -0.133. The van der Waals surface area contributed by atoms with Crippen molar-refractivity contribution in [2.75, 3.05) is 26.0 Å². The first-order chi connectivity index (χ1) is 14.7. The maximum atomic E-state index is 14.3. The Kier molecular flexibility index (Phi) is 7.06. The molecule has 0 bridgehead atoms. The summed E-state index contributed by atoms with van der Waals surface area (Å²) < 4.78 is 48.9. The van der Waals surface area contributed by atoms with Crippen LogP contribution in [0.1, 0.15) is 24.8 Å². The van der Waals surface area contributed by atoms with E-state index in [1.165, 1.54) is 18.5 Å². The van der Waals surface area contributed by atoms with E-state index in [2.05, 4.69) is 9.97 Å². The molecule has 0 aliphatic carbocycles. The smallest absolute Gasteiger partial charge is 0.229 e. The topological polar surface area (TPSA) is 119 Å². The van der Waals surface area contributed by atoms with Crippen LogP contribution in [0.15, 0.2) is 29.4 Å². The zero-order chi connectivity index (χ0) is 22.6. The summed E-state index contributed by atoms with van der Waals surface area (Å²) in [4.78, 5) is 21.6. The van der Waals surface area contributed by atoms with E-state index in [1.54, 1.807) is 11.8 Å². The standard InChI is InChI=1S/C20H24FN3O6S/c1-13-19(29-14-5-8-24(9-6-14)18(26)7-10-25)22-12-23-20(13)30-17-4-3-15(11-16(17)21)31(2,27)28/h3-4,11-12,14,25H,5-10H2,1-2H3. The lowest BCUT2D eigenvalue weighted by atomic mass is 10.1. The number of nitrogens with zero attached hydrogens (tertiary/aromatic N) is 3. The number of aliphatic hydroxyl groups excluding tert-OH is 1. The number of aromatic nitrogens is 2. The highest BCUT2D eigenvalue weighted by Gasteiger charge is 2.25. The highest BCUT2D eigenvalue weighted by Crippen LogP contribution is 2.31. The molecule has 0 atom stereocenters. The summed E-state index contributed by atoms with van der Waals surface area (Å²) in [7, 11) is -3.54. The predicted molar refractivity (Wildman–Crippen MR) is 108 cm³/mol. The summed E-state index contributed by atoms with van der Waals surface area (Å²) in [5.74, 6) is -0.706. The minimum atomic E-state index is -3.54. The van der Waals surface area contributed by atoms with Crippen LogP contribution in [0, 0.1) is 12.7 Å². The third-order valence-electron chi connectivity index (χ3n) is 4.93. The molecule has 1 amide bonds. The SMILES string of the molecule is Cc1c(Oc2ccc(S(C)(=O)=O)cc2F)ncnc1OC1CCN(C(=O)CCO)CC1. The summed E-state index contributed by atoms with van der Waals surface area (Å²) in [6.45, 7) is 2.55. The van der Waals surface area contributed by atoms with Crippen molar-refractivity contribution in [3.05, 3.63) is 35.9 Å². The van der Waals surface area contributed by atoms with Gasteiger partial charge in [0.05, 0.1) is 17.1 Å². The van der Waals surface area contributed by atoms with E-state index >= 15 is 0 Å². The Labute approximate surface area is 179 Å². The molecule has 1 saturated heterocycles. The fraction of sp³-hybridized carbons (Fsp3) is 0.450. The number of benzene rings is 1. The molecule has 2 aromatic rings. The normalized spacial score (nSPS) is 15.0. The Hall–Kier alpha value is -2.79. The number of hydrogen-bond acceptors (Lipinski definition) is 8. The van der Waals surface area contributed by atoms with Crippen LogP contribution in [-0.2, 0) is 14.6 Å². The lowest BCUT2D eigenvalue weighted by Gasteiger charge is -2.32. The van der Waals surface area contributed by atoms with E-state index in [9.17, 15) is 17.6 Å². The molecule has 1 aromatic carbocycles. The third kappa shape index (κ3) is 5.67. The number of halogens is 1. The molecule has 9 nitrogen and oxygen atoms in total. The van der Waals surface area contributed by atoms with Crippen molar-refractivity contribution in [1.82, 2.24) is 14.9 Å². The third-order valence-corrected chi connectivity index (χ3v) is 6.04. The first-order valence-corrected chi connectivity index (χ1v) is 11.6. The molecular weight excluding hydrogens is 429 g/mol. The van der Waals surface area contributed by atoms with Crippen LogP contribution in [0.5, 0.6) is 17.5 Å². The van der Waals surface area contributed by atoms with E-state index < -0.39 is 15.7 Å². The number of carbonyl (C=O) groups is 1. The lowest BCUT2D eigenvalue weighted by Crippen LogP contribution is -2.42. The van der Waals surface area contributed by atoms with Crippen molar-refractivity contribution in [3.8, 4) is 17.5 Å². The van der Waals surface area contributed by atoms with Gasteiger partial charge >= 0.3 is 0 Å². The molecule has 0 radical (unpaired) electrons. The average molecular weight is 453 g/mol. The van der Waals surface area contributed by atoms with Gasteiger partial charge in [-0.25, -0.2) is 22.8 Å². The molecule has 1 aromatic heterocycles. The molecule has 0 spiro atoms. The van der Waals surface area contributed by atoms with E-state index in [4.69, 9.17) is 14.6 Å². The van der Waals surface area contributed by atoms with Gasteiger partial charge in [-0.1, -0.05) is 0 Å². The Morgan fingerprint density at radius 2 is 1.94 bits per heavy atom. The van der Waals surface area contributed by atoms with Gasteiger partial charge in [-0.05, 0) is 25.1 Å². The van der Waals surface area contributed by atoms with Gasteiger partial charge in [-0.2, -0.15) is 0 Å². The molecule has 1 fully saturated rings. The molecule has 0 saturated carbocycles. The molecule has 2 heterocycles. The van der Waals surface area contributed by atoms with Crippen LogP contribution in [0.25, 0.3) is 0 Å². The monoisotopic (exact) mass is 453 g/mol. The number of ether oxygens (including phenoxy) is 2. The minimum absolute atomic E-state index is 0.0845. The van der Waals surface area contributed by atoms with Gasteiger partial charge < -0.3 is 19.5 Å². The second kappa shape index (κ2) is 9.56. The van der Waals surface area contributed by atoms with Crippen molar-refractivity contribution in [1.29, 1.82) is 0 Å².